The fraction of sp³-hybridized carbons (Fsp3) is 0.400. The zero-order valence-electron chi connectivity index (χ0n) is 5.89. The molecule has 0 fully saturated rings. The molecule has 0 saturated carbocycles. The third kappa shape index (κ3) is 2.10. The average Bonchev–Trinajstić information content (AvgIpc) is 2.48. The van der Waals surface area contributed by atoms with Gasteiger partial charge in [0.05, 0.1) is 13.7 Å². The molecule has 0 unspecified atom stereocenters. The SMILES string of the molecule is COc1ncc(CN=[N+]=[N-])s1. The third-order valence-corrected chi connectivity index (χ3v) is 1.94. The predicted octanol–water partition coefficient (Wildman–Crippen LogP) is 1.96. The van der Waals surface area contributed by atoms with Gasteiger partial charge in [-0.1, -0.05) is 16.5 Å². The first-order chi connectivity index (χ1) is 5.36. The number of azide groups is 1. The zero-order chi connectivity index (χ0) is 8.10. The molecule has 0 atom stereocenters. The van der Waals surface area contributed by atoms with Crippen molar-refractivity contribution in [2.45, 2.75) is 6.54 Å². The Morgan fingerprint density at radius 2 is 2.73 bits per heavy atom. The summed E-state index contributed by atoms with van der Waals surface area (Å²) in [6.07, 6.45) is 1.64. The maximum atomic E-state index is 8.00. The van der Waals surface area contributed by atoms with Gasteiger partial charge in [-0.25, -0.2) is 4.98 Å². The molecule has 0 aliphatic rings. The zero-order valence-corrected chi connectivity index (χ0v) is 6.71. The molecule has 0 aliphatic heterocycles. The van der Waals surface area contributed by atoms with Crippen molar-refractivity contribution in [3.63, 3.8) is 0 Å². The van der Waals surface area contributed by atoms with Gasteiger partial charge in [0.25, 0.3) is 5.19 Å². The van der Waals surface area contributed by atoms with Crippen molar-refractivity contribution in [1.82, 2.24) is 4.98 Å². The summed E-state index contributed by atoms with van der Waals surface area (Å²) < 4.78 is 4.85. The Hall–Kier alpha value is -1.26. The number of hydrogen-bond acceptors (Lipinski definition) is 4. The van der Waals surface area contributed by atoms with E-state index in [2.05, 4.69) is 15.0 Å². The summed E-state index contributed by atoms with van der Waals surface area (Å²) in [5.41, 5.74) is 8.00. The molecule has 0 bridgehead atoms. The van der Waals surface area contributed by atoms with E-state index in [0.717, 1.165) is 4.88 Å². The van der Waals surface area contributed by atoms with Gasteiger partial charge < -0.3 is 4.74 Å². The molecule has 1 aromatic heterocycles. The van der Waals surface area contributed by atoms with Crippen molar-refractivity contribution in [1.29, 1.82) is 0 Å². The molecule has 0 radical (unpaired) electrons. The molecule has 5 nitrogen and oxygen atoms in total. The number of hydrogen-bond donors (Lipinski definition) is 0. The maximum absolute atomic E-state index is 8.00. The van der Waals surface area contributed by atoms with E-state index in [1.54, 1.807) is 13.3 Å². The van der Waals surface area contributed by atoms with Gasteiger partial charge in [0.1, 0.15) is 0 Å². The van der Waals surface area contributed by atoms with Crippen LogP contribution in [0.3, 0.4) is 0 Å². The lowest BCUT2D eigenvalue weighted by Crippen LogP contribution is -1.76. The van der Waals surface area contributed by atoms with Crippen LogP contribution in [0.4, 0.5) is 0 Å². The van der Waals surface area contributed by atoms with Crippen LogP contribution in [0.2, 0.25) is 0 Å². The Kier molecular flexibility index (Phi) is 2.71. The van der Waals surface area contributed by atoms with E-state index < -0.39 is 0 Å². The third-order valence-electron chi connectivity index (χ3n) is 0.997. The van der Waals surface area contributed by atoms with Gasteiger partial charge in [-0.15, -0.1) is 0 Å². The van der Waals surface area contributed by atoms with Crippen molar-refractivity contribution in [3.05, 3.63) is 21.5 Å². The number of nitrogens with zero attached hydrogens (tertiary/aromatic N) is 4. The fourth-order valence-electron chi connectivity index (χ4n) is 0.558. The van der Waals surface area contributed by atoms with Crippen LogP contribution in [0.15, 0.2) is 11.3 Å². The first-order valence-corrected chi connectivity index (χ1v) is 3.68. The van der Waals surface area contributed by atoms with Crippen molar-refractivity contribution in [3.8, 4) is 5.19 Å². The van der Waals surface area contributed by atoms with E-state index in [4.69, 9.17) is 10.3 Å². The summed E-state index contributed by atoms with van der Waals surface area (Å²) in [5.74, 6) is 0. The summed E-state index contributed by atoms with van der Waals surface area (Å²) in [5, 5.41) is 3.98. The Morgan fingerprint density at radius 1 is 1.91 bits per heavy atom. The molecule has 1 aromatic rings. The first kappa shape index (κ1) is 7.84. The Bertz CT molecular complexity index is 278. The minimum atomic E-state index is 0.345. The van der Waals surface area contributed by atoms with E-state index in [0.29, 0.717) is 11.7 Å². The van der Waals surface area contributed by atoms with Crippen molar-refractivity contribution in [2.75, 3.05) is 7.11 Å². The molecule has 58 valence electrons. The number of thiazole rings is 1. The molecule has 0 spiro atoms. The molecule has 1 heterocycles. The average molecular weight is 170 g/mol. The minimum absolute atomic E-state index is 0.345. The topological polar surface area (TPSA) is 70.9 Å². The van der Waals surface area contributed by atoms with E-state index in [1.807, 2.05) is 0 Å². The Morgan fingerprint density at radius 3 is 3.27 bits per heavy atom. The summed E-state index contributed by atoms with van der Waals surface area (Å²) in [7, 11) is 1.55. The van der Waals surface area contributed by atoms with Crippen LogP contribution in [0.25, 0.3) is 10.4 Å². The minimum Gasteiger partial charge on any atom is -0.473 e. The predicted molar refractivity (Wildman–Crippen MR) is 41.5 cm³/mol. The highest BCUT2D eigenvalue weighted by Gasteiger charge is 1.98. The normalized spacial score (nSPS) is 8.82. The van der Waals surface area contributed by atoms with Crippen molar-refractivity contribution >= 4 is 11.3 Å². The van der Waals surface area contributed by atoms with Crippen LogP contribution in [0, 0.1) is 0 Å². The molecule has 0 aliphatic carbocycles. The second-order valence-corrected chi connectivity index (χ2v) is 2.76. The summed E-state index contributed by atoms with van der Waals surface area (Å²) in [4.78, 5) is 7.43. The van der Waals surface area contributed by atoms with Gasteiger partial charge >= 0.3 is 0 Å². The highest BCUT2D eigenvalue weighted by molar-refractivity contribution is 7.13. The Labute approximate surface area is 67.3 Å². The number of rotatable bonds is 3. The summed E-state index contributed by atoms with van der Waals surface area (Å²) >= 11 is 1.37. The van der Waals surface area contributed by atoms with Crippen LogP contribution in [0.5, 0.6) is 5.19 Å². The largest absolute Gasteiger partial charge is 0.473 e. The van der Waals surface area contributed by atoms with Gasteiger partial charge in [0, 0.05) is 16.0 Å². The standard InChI is InChI=1S/C5H6N4OS/c1-10-5-7-2-4(11-5)3-8-9-6/h2H,3H2,1H3. The molecular weight excluding hydrogens is 164 g/mol. The quantitative estimate of drug-likeness (QED) is 0.395. The lowest BCUT2D eigenvalue weighted by atomic mass is 10.6. The molecule has 0 N–H and O–H groups in total. The highest BCUT2D eigenvalue weighted by atomic mass is 32.1. The van der Waals surface area contributed by atoms with E-state index in [1.165, 1.54) is 11.3 Å². The molecule has 0 aromatic carbocycles. The Balaban J connectivity index is 2.64. The molecule has 0 amide bonds. The first-order valence-electron chi connectivity index (χ1n) is 2.86. The molecule has 1 rings (SSSR count). The molecule has 0 saturated heterocycles. The van der Waals surface area contributed by atoms with Crippen molar-refractivity contribution < 1.29 is 4.74 Å². The number of methoxy groups -OCH3 is 1. The second-order valence-electron chi connectivity index (χ2n) is 1.69. The molecule has 6 heteroatoms. The van der Waals surface area contributed by atoms with Gasteiger partial charge in [-0.3, -0.25) is 0 Å². The highest BCUT2D eigenvalue weighted by Crippen LogP contribution is 2.20. The number of ether oxygens (including phenoxy) is 1. The van der Waals surface area contributed by atoms with Crippen LogP contribution in [0.1, 0.15) is 4.88 Å². The lowest BCUT2D eigenvalue weighted by Gasteiger charge is -1.86. The van der Waals surface area contributed by atoms with Crippen LogP contribution < -0.4 is 4.74 Å². The van der Waals surface area contributed by atoms with Crippen LogP contribution in [-0.2, 0) is 6.54 Å². The van der Waals surface area contributed by atoms with E-state index in [-0.39, 0.29) is 0 Å². The molecule has 11 heavy (non-hydrogen) atoms. The fourth-order valence-corrected chi connectivity index (χ4v) is 1.20. The van der Waals surface area contributed by atoms with Gasteiger partial charge in [0.15, 0.2) is 0 Å². The van der Waals surface area contributed by atoms with E-state index >= 15 is 0 Å². The van der Waals surface area contributed by atoms with Gasteiger partial charge in [-0.05, 0) is 5.53 Å². The lowest BCUT2D eigenvalue weighted by molar-refractivity contribution is 0.412. The van der Waals surface area contributed by atoms with Gasteiger partial charge in [-0.2, -0.15) is 0 Å². The maximum Gasteiger partial charge on any atom is 0.273 e. The molecular formula is C5H6N4OS. The van der Waals surface area contributed by atoms with Gasteiger partial charge in [0.2, 0.25) is 0 Å². The number of aromatic nitrogens is 1. The summed E-state index contributed by atoms with van der Waals surface area (Å²) in [6, 6.07) is 0. The van der Waals surface area contributed by atoms with Crippen LogP contribution >= 0.6 is 11.3 Å². The smallest absolute Gasteiger partial charge is 0.273 e. The van der Waals surface area contributed by atoms with Crippen molar-refractivity contribution in [2.24, 2.45) is 5.11 Å². The monoisotopic (exact) mass is 170 g/mol. The summed E-state index contributed by atoms with van der Waals surface area (Å²) in [6.45, 7) is 0.345. The van der Waals surface area contributed by atoms with Crippen LogP contribution in [-0.4, -0.2) is 12.1 Å². The van der Waals surface area contributed by atoms with E-state index in [9.17, 15) is 0 Å². The second kappa shape index (κ2) is 3.80.